The maximum absolute atomic E-state index is 9.05. The SMILES string of the molecule is CCCCCCCCCCNCC1=CC=CC(c2ccc(OC#N)cc2)(c2ccc(OC#N)cc2)C1c1ccc(C)cc1. The monoisotopic (exact) mass is 573 g/mol. The molecule has 222 valence electrons. The molecule has 5 heteroatoms. The van der Waals surface area contributed by atoms with Gasteiger partial charge in [-0.05, 0) is 66.4 Å². The van der Waals surface area contributed by atoms with Crippen LogP contribution in [-0.2, 0) is 5.41 Å². The number of hydrogen-bond acceptors (Lipinski definition) is 5. The Balaban J connectivity index is 1.64. The van der Waals surface area contributed by atoms with Crippen molar-refractivity contribution in [3.63, 3.8) is 0 Å². The van der Waals surface area contributed by atoms with Crippen molar-refractivity contribution in [2.75, 3.05) is 13.1 Å². The molecule has 0 saturated carbocycles. The largest absolute Gasteiger partial charge is 0.388 e. The first-order valence-electron chi connectivity index (χ1n) is 15.6. The number of allylic oxidation sites excluding steroid dienone is 3. The molecule has 1 N–H and O–H groups in total. The fourth-order valence-corrected chi connectivity index (χ4v) is 6.22. The van der Waals surface area contributed by atoms with Crippen molar-refractivity contribution in [1.82, 2.24) is 5.32 Å². The van der Waals surface area contributed by atoms with Crippen molar-refractivity contribution in [1.29, 1.82) is 10.5 Å². The van der Waals surface area contributed by atoms with Crippen molar-refractivity contribution in [2.45, 2.75) is 76.5 Å². The van der Waals surface area contributed by atoms with Crippen molar-refractivity contribution in [3.05, 3.63) is 119 Å². The smallest absolute Gasteiger partial charge is 0.292 e. The summed E-state index contributed by atoms with van der Waals surface area (Å²) in [7, 11) is 0. The van der Waals surface area contributed by atoms with Gasteiger partial charge in [0.25, 0.3) is 12.5 Å². The normalized spacial score (nSPS) is 15.3. The molecule has 0 saturated heterocycles. The van der Waals surface area contributed by atoms with Gasteiger partial charge in [0.1, 0.15) is 11.5 Å². The van der Waals surface area contributed by atoms with E-state index in [-0.39, 0.29) is 5.92 Å². The van der Waals surface area contributed by atoms with Gasteiger partial charge in [0.15, 0.2) is 0 Å². The van der Waals surface area contributed by atoms with Gasteiger partial charge in [-0.1, -0.05) is 124 Å². The summed E-state index contributed by atoms with van der Waals surface area (Å²) >= 11 is 0. The molecular formula is C38H43N3O2. The summed E-state index contributed by atoms with van der Waals surface area (Å²) < 4.78 is 10.2. The van der Waals surface area contributed by atoms with Gasteiger partial charge in [-0.15, -0.1) is 10.5 Å². The van der Waals surface area contributed by atoms with E-state index in [1.165, 1.54) is 68.1 Å². The van der Waals surface area contributed by atoms with Crippen LogP contribution >= 0.6 is 0 Å². The molecule has 0 radical (unpaired) electrons. The Labute approximate surface area is 257 Å². The first-order valence-corrected chi connectivity index (χ1v) is 15.6. The van der Waals surface area contributed by atoms with E-state index in [2.05, 4.69) is 85.9 Å². The molecule has 4 rings (SSSR count). The number of hydrogen-bond donors (Lipinski definition) is 1. The van der Waals surface area contributed by atoms with Crippen LogP contribution in [0.2, 0.25) is 0 Å². The molecule has 1 aliphatic rings. The number of nitrogens with one attached hydrogen (secondary N) is 1. The van der Waals surface area contributed by atoms with E-state index in [4.69, 9.17) is 20.0 Å². The Morgan fingerprint density at radius 3 is 1.79 bits per heavy atom. The minimum atomic E-state index is -0.546. The molecule has 0 spiro atoms. The van der Waals surface area contributed by atoms with Gasteiger partial charge in [0.2, 0.25) is 0 Å². The number of ether oxygens (including phenoxy) is 2. The topological polar surface area (TPSA) is 78.1 Å². The zero-order valence-corrected chi connectivity index (χ0v) is 25.5. The van der Waals surface area contributed by atoms with E-state index in [0.29, 0.717) is 11.5 Å². The van der Waals surface area contributed by atoms with E-state index >= 15 is 0 Å². The van der Waals surface area contributed by atoms with E-state index in [9.17, 15) is 0 Å². The average molecular weight is 574 g/mol. The van der Waals surface area contributed by atoms with Crippen LogP contribution < -0.4 is 14.8 Å². The first-order chi connectivity index (χ1) is 21.1. The summed E-state index contributed by atoms with van der Waals surface area (Å²) in [6.07, 6.45) is 20.7. The Bertz CT molecular complexity index is 1370. The second-order valence-electron chi connectivity index (χ2n) is 11.4. The van der Waals surface area contributed by atoms with Gasteiger partial charge in [-0.3, -0.25) is 0 Å². The number of rotatable bonds is 16. The highest BCUT2D eigenvalue weighted by molar-refractivity contribution is 5.57. The highest BCUT2D eigenvalue weighted by Gasteiger charge is 2.44. The summed E-state index contributed by atoms with van der Waals surface area (Å²) in [4.78, 5) is 0. The van der Waals surface area contributed by atoms with Crippen LogP contribution in [0.15, 0.2) is 96.6 Å². The number of benzene rings is 3. The standard InChI is InChI=1S/C38H43N3O2/c1-3-4-5-6-7-8-9-10-26-41-27-32-12-11-25-38(33-17-21-35(22-18-33)42-28-39,34-19-23-36(24-20-34)43-29-40)37(32)31-15-13-30(2)14-16-31/h11-25,37,41H,3-10,26-27H2,1-2H3. The highest BCUT2D eigenvalue weighted by atomic mass is 16.5. The van der Waals surface area contributed by atoms with Gasteiger partial charge in [0.05, 0.1) is 0 Å². The lowest BCUT2D eigenvalue weighted by Crippen LogP contribution is -2.38. The lowest BCUT2D eigenvalue weighted by atomic mass is 9.59. The fraction of sp³-hybridized carbons (Fsp3) is 0.368. The van der Waals surface area contributed by atoms with Crippen LogP contribution in [-0.4, -0.2) is 13.1 Å². The molecule has 1 unspecified atom stereocenters. The van der Waals surface area contributed by atoms with Gasteiger partial charge in [-0.25, -0.2) is 0 Å². The quantitative estimate of drug-likeness (QED) is 0.137. The predicted molar refractivity (Wildman–Crippen MR) is 173 cm³/mol. The van der Waals surface area contributed by atoms with E-state index in [1.807, 2.05) is 24.3 Å². The third kappa shape index (κ3) is 8.16. The Kier molecular flexibility index (Phi) is 12.0. The number of unbranched alkanes of at least 4 members (excludes halogenated alkanes) is 7. The fourth-order valence-electron chi connectivity index (χ4n) is 6.22. The minimum Gasteiger partial charge on any atom is -0.388 e. The molecule has 0 fully saturated rings. The molecule has 3 aromatic rings. The van der Waals surface area contributed by atoms with Crippen LogP contribution in [0, 0.1) is 30.0 Å². The lowest BCUT2D eigenvalue weighted by molar-refractivity contribution is 0.497. The predicted octanol–water partition coefficient (Wildman–Crippen LogP) is 9.01. The summed E-state index contributed by atoms with van der Waals surface area (Å²) in [5.74, 6) is 1.02. The maximum Gasteiger partial charge on any atom is 0.292 e. The Hall–Kier alpha value is -4.32. The molecule has 0 amide bonds. The van der Waals surface area contributed by atoms with Crippen molar-refractivity contribution in [3.8, 4) is 24.0 Å². The third-order valence-corrected chi connectivity index (χ3v) is 8.43. The minimum absolute atomic E-state index is 0.00892. The first kappa shape index (κ1) is 31.6. The zero-order valence-electron chi connectivity index (χ0n) is 25.5. The van der Waals surface area contributed by atoms with Crippen LogP contribution in [0.25, 0.3) is 0 Å². The van der Waals surface area contributed by atoms with Crippen LogP contribution in [0.3, 0.4) is 0 Å². The molecule has 5 nitrogen and oxygen atoms in total. The summed E-state index contributed by atoms with van der Waals surface area (Å²) in [6, 6.07) is 24.4. The molecule has 3 aromatic carbocycles. The van der Waals surface area contributed by atoms with Gasteiger partial charge in [-0.2, -0.15) is 0 Å². The average Bonchev–Trinajstić information content (AvgIpc) is 3.03. The van der Waals surface area contributed by atoms with Gasteiger partial charge < -0.3 is 14.8 Å². The van der Waals surface area contributed by atoms with E-state index in [1.54, 1.807) is 12.5 Å². The Morgan fingerprint density at radius 2 is 1.26 bits per heavy atom. The van der Waals surface area contributed by atoms with Crippen molar-refractivity contribution in [2.24, 2.45) is 0 Å². The zero-order chi connectivity index (χ0) is 30.3. The van der Waals surface area contributed by atoms with Crippen LogP contribution in [0.5, 0.6) is 11.5 Å². The van der Waals surface area contributed by atoms with Gasteiger partial charge in [0, 0.05) is 17.9 Å². The maximum atomic E-state index is 9.05. The number of nitrogens with zero attached hydrogens (tertiary/aromatic N) is 2. The van der Waals surface area contributed by atoms with Crippen molar-refractivity contribution >= 4 is 0 Å². The van der Waals surface area contributed by atoms with Gasteiger partial charge >= 0.3 is 0 Å². The second-order valence-corrected chi connectivity index (χ2v) is 11.4. The molecule has 0 aliphatic heterocycles. The highest BCUT2D eigenvalue weighted by Crippen LogP contribution is 2.51. The van der Waals surface area contributed by atoms with E-state index in [0.717, 1.165) is 24.2 Å². The lowest BCUT2D eigenvalue weighted by Gasteiger charge is -2.43. The van der Waals surface area contributed by atoms with Crippen LogP contribution in [0.4, 0.5) is 0 Å². The molecule has 0 heterocycles. The molecule has 43 heavy (non-hydrogen) atoms. The molecule has 1 atom stereocenters. The third-order valence-electron chi connectivity index (χ3n) is 8.43. The number of aryl methyl sites for hydroxylation is 1. The molecule has 0 bridgehead atoms. The molecule has 0 aromatic heterocycles. The number of nitriles is 2. The van der Waals surface area contributed by atoms with Crippen LogP contribution in [0.1, 0.15) is 86.5 Å². The Morgan fingerprint density at radius 1 is 0.721 bits per heavy atom. The summed E-state index contributed by atoms with van der Waals surface area (Å²) in [5.41, 5.74) is 5.38. The molecule has 1 aliphatic carbocycles. The van der Waals surface area contributed by atoms with E-state index < -0.39 is 5.41 Å². The van der Waals surface area contributed by atoms with Crippen molar-refractivity contribution < 1.29 is 9.47 Å². The summed E-state index contributed by atoms with van der Waals surface area (Å²) in [6.45, 7) is 6.15. The summed E-state index contributed by atoms with van der Waals surface area (Å²) in [5, 5.41) is 21.8. The second kappa shape index (κ2) is 16.4. The molecular weight excluding hydrogens is 530 g/mol.